The van der Waals surface area contributed by atoms with E-state index in [1.807, 2.05) is 6.07 Å². The van der Waals surface area contributed by atoms with Gasteiger partial charge in [-0.2, -0.15) is 0 Å². The normalized spacial score (nSPS) is 16.9. The van der Waals surface area contributed by atoms with Crippen molar-refractivity contribution in [3.8, 4) is 5.75 Å². The van der Waals surface area contributed by atoms with E-state index in [-0.39, 0.29) is 6.04 Å². The van der Waals surface area contributed by atoms with Crippen molar-refractivity contribution in [1.82, 2.24) is 5.43 Å². The number of aryl methyl sites for hydroxylation is 1. The van der Waals surface area contributed by atoms with Crippen LogP contribution in [0.2, 0.25) is 0 Å². The Hall–Kier alpha value is -1.32. The van der Waals surface area contributed by atoms with Crippen LogP contribution in [0.5, 0.6) is 5.75 Å². The number of hydrogen-bond donors (Lipinski definition) is 2. The number of hydrazine groups is 1. The lowest BCUT2D eigenvalue weighted by molar-refractivity contribution is 0.413. The molecule has 19 heavy (non-hydrogen) atoms. The van der Waals surface area contributed by atoms with E-state index in [0.717, 1.165) is 12.2 Å². The second-order valence-corrected chi connectivity index (χ2v) is 5.25. The van der Waals surface area contributed by atoms with Crippen molar-refractivity contribution in [1.29, 1.82) is 0 Å². The second-order valence-electron chi connectivity index (χ2n) is 5.25. The molecule has 3 N–H and O–H groups in total. The van der Waals surface area contributed by atoms with Gasteiger partial charge in [-0.3, -0.25) is 11.3 Å². The number of ether oxygens (including phenoxy) is 1. The summed E-state index contributed by atoms with van der Waals surface area (Å²) in [5.41, 5.74) is 6.97. The zero-order chi connectivity index (χ0) is 13.7. The monoisotopic (exact) mass is 260 g/mol. The Balaban J connectivity index is 2.14. The Morgan fingerprint density at radius 1 is 1.37 bits per heavy atom. The lowest BCUT2D eigenvalue weighted by Crippen LogP contribution is -2.29. The van der Waals surface area contributed by atoms with Crippen molar-refractivity contribution in [2.75, 3.05) is 7.11 Å². The van der Waals surface area contributed by atoms with Crippen LogP contribution in [-0.2, 0) is 0 Å². The number of allylic oxidation sites excluding steroid dienone is 1. The molecule has 0 heterocycles. The number of methoxy groups -OCH3 is 1. The van der Waals surface area contributed by atoms with Gasteiger partial charge in [-0.15, -0.1) is 0 Å². The maximum absolute atomic E-state index is 5.75. The number of nitrogens with one attached hydrogen (secondary N) is 1. The van der Waals surface area contributed by atoms with Crippen LogP contribution in [0, 0.1) is 6.92 Å². The first-order chi connectivity index (χ1) is 9.24. The minimum absolute atomic E-state index is 0.190. The minimum atomic E-state index is 0.190. The molecule has 0 saturated heterocycles. The quantitative estimate of drug-likeness (QED) is 0.484. The first-order valence-corrected chi connectivity index (χ1v) is 7.03. The smallest absolute Gasteiger partial charge is 0.119 e. The van der Waals surface area contributed by atoms with Gasteiger partial charge < -0.3 is 4.74 Å². The maximum atomic E-state index is 5.75. The van der Waals surface area contributed by atoms with E-state index in [1.54, 1.807) is 7.11 Å². The standard InChI is InChI=1S/C16H24N2O/c1-12-10-14(19-2)8-9-15(12)16(18-17)11-13-6-4-3-5-7-13/h6,8-10,16,18H,3-5,7,11,17H2,1-2H3. The lowest BCUT2D eigenvalue weighted by Gasteiger charge is -2.22. The van der Waals surface area contributed by atoms with E-state index >= 15 is 0 Å². The second kappa shape index (κ2) is 6.73. The van der Waals surface area contributed by atoms with Gasteiger partial charge in [-0.25, -0.2) is 0 Å². The van der Waals surface area contributed by atoms with Crippen molar-refractivity contribution in [3.63, 3.8) is 0 Å². The van der Waals surface area contributed by atoms with Crippen LogP contribution < -0.4 is 16.0 Å². The van der Waals surface area contributed by atoms with Gasteiger partial charge in [0.1, 0.15) is 5.75 Å². The molecule has 1 aliphatic rings. The zero-order valence-corrected chi connectivity index (χ0v) is 11.9. The first kappa shape index (κ1) is 14.1. The summed E-state index contributed by atoms with van der Waals surface area (Å²) < 4.78 is 5.25. The Morgan fingerprint density at radius 2 is 2.21 bits per heavy atom. The van der Waals surface area contributed by atoms with Crippen LogP contribution in [0.15, 0.2) is 29.8 Å². The topological polar surface area (TPSA) is 47.3 Å². The van der Waals surface area contributed by atoms with E-state index in [2.05, 4.69) is 30.6 Å². The fourth-order valence-corrected chi connectivity index (χ4v) is 2.78. The molecular weight excluding hydrogens is 236 g/mol. The summed E-state index contributed by atoms with van der Waals surface area (Å²) in [6, 6.07) is 6.37. The molecule has 0 radical (unpaired) electrons. The summed E-state index contributed by atoms with van der Waals surface area (Å²) in [7, 11) is 1.69. The highest BCUT2D eigenvalue weighted by atomic mass is 16.5. The Kier molecular flexibility index (Phi) is 5.00. The molecule has 1 aliphatic carbocycles. The van der Waals surface area contributed by atoms with Crippen molar-refractivity contribution >= 4 is 0 Å². The first-order valence-electron chi connectivity index (χ1n) is 7.03. The third-order valence-electron chi connectivity index (χ3n) is 3.90. The third-order valence-corrected chi connectivity index (χ3v) is 3.90. The summed E-state index contributed by atoms with van der Waals surface area (Å²) in [5, 5.41) is 0. The molecule has 2 rings (SSSR count). The van der Waals surface area contributed by atoms with Crippen molar-refractivity contribution < 1.29 is 4.74 Å². The predicted molar refractivity (Wildman–Crippen MR) is 79.0 cm³/mol. The molecule has 3 nitrogen and oxygen atoms in total. The van der Waals surface area contributed by atoms with Crippen LogP contribution in [0.1, 0.15) is 49.3 Å². The highest BCUT2D eigenvalue weighted by Gasteiger charge is 2.15. The number of benzene rings is 1. The molecule has 3 heteroatoms. The molecule has 1 atom stereocenters. The SMILES string of the molecule is COc1ccc(C(CC2=CCCCC2)NN)c(C)c1. The van der Waals surface area contributed by atoms with Crippen molar-refractivity contribution in [2.45, 2.75) is 45.1 Å². The van der Waals surface area contributed by atoms with Crippen LogP contribution >= 0.6 is 0 Å². The van der Waals surface area contributed by atoms with E-state index in [4.69, 9.17) is 10.6 Å². The molecule has 0 fully saturated rings. The van der Waals surface area contributed by atoms with Gasteiger partial charge in [0.05, 0.1) is 7.11 Å². The summed E-state index contributed by atoms with van der Waals surface area (Å²) in [4.78, 5) is 0. The molecule has 0 aliphatic heterocycles. The lowest BCUT2D eigenvalue weighted by atomic mass is 9.90. The highest BCUT2D eigenvalue weighted by Crippen LogP contribution is 2.30. The average molecular weight is 260 g/mol. The van der Waals surface area contributed by atoms with E-state index in [0.29, 0.717) is 0 Å². The van der Waals surface area contributed by atoms with E-state index in [1.165, 1.54) is 42.4 Å². The third kappa shape index (κ3) is 3.58. The van der Waals surface area contributed by atoms with Gasteiger partial charge in [0, 0.05) is 6.04 Å². The molecule has 0 saturated carbocycles. The average Bonchev–Trinajstić information content (AvgIpc) is 2.46. The van der Waals surface area contributed by atoms with Crippen LogP contribution in [0.4, 0.5) is 0 Å². The van der Waals surface area contributed by atoms with Crippen molar-refractivity contribution in [2.24, 2.45) is 5.84 Å². The summed E-state index contributed by atoms with van der Waals surface area (Å²) in [5.74, 6) is 6.65. The molecule has 1 aromatic carbocycles. The molecule has 0 bridgehead atoms. The molecule has 0 aromatic heterocycles. The number of hydrogen-bond acceptors (Lipinski definition) is 3. The Labute approximate surface area is 115 Å². The van der Waals surface area contributed by atoms with Crippen molar-refractivity contribution in [3.05, 3.63) is 41.0 Å². The minimum Gasteiger partial charge on any atom is -0.497 e. The van der Waals surface area contributed by atoms with Gasteiger partial charge in [0.2, 0.25) is 0 Å². The number of nitrogens with two attached hydrogens (primary N) is 1. The van der Waals surface area contributed by atoms with E-state index < -0.39 is 0 Å². The molecule has 104 valence electrons. The predicted octanol–water partition coefficient (Wildman–Crippen LogP) is 3.40. The van der Waals surface area contributed by atoms with Gasteiger partial charge in [-0.05, 0) is 62.3 Å². The van der Waals surface area contributed by atoms with Crippen LogP contribution in [0.3, 0.4) is 0 Å². The molecule has 0 amide bonds. The maximum Gasteiger partial charge on any atom is 0.119 e. The Morgan fingerprint density at radius 3 is 2.79 bits per heavy atom. The molecule has 1 aromatic rings. The highest BCUT2D eigenvalue weighted by molar-refractivity contribution is 5.37. The van der Waals surface area contributed by atoms with E-state index in [9.17, 15) is 0 Å². The summed E-state index contributed by atoms with van der Waals surface area (Å²) in [6.07, 6.45) is 8.45. The molecule has 1 unspecified atom stereocenters. The zero-order valence-electron chi connectivity index (χ0n) is 11.9. The largest absolute Gasteiger partial charge is 0.497 e. The fraction of sp³-hybridized carbons (Fsp3) is 0.500. The van der Waals surface area contributed by atoms with Gasteiger partial charge in [0.15, 0.2) is 0 Å². The summed E-state index contributed by atoms with van der Waals surface area (Å²) in [6.45, 7) is 2.11. The van der Waals surface area contributed by atoms with Gasteiger partial charge in [-0.1, -0.05) is 17.7 Å². The van der Waals surface area contributed by atoms with Crippen LogP contribution in [-0.4, -0.2) is 7.11 Å². The van der Waals surface area contributed by atoms with Gasteiger partial charge in [0.25, 0.3) is 0 Å². The van der Waals surface area contributed by atoms with Crippen LogP contribution in [0.25, 0.3) is 0 Å². The van der Waals surface area contributed by atoms with Gasteiger partial charge >= 0.3 is 0 Å². The Bertz CT molecular complexity index is 454. The molecule has 0 spiro atoms. The number of rotatable bonds is 5. The molecular formula is C16H24N2O. The summed E-state index contributed by atoms with van der Waals surface area (Å²) >= 11 is 0. The fourth-order valence-electron chi connectivity index (χ4n) is 2.78.